The van der Waals surface area contributed by atoms with Crippen LogP contribution >= 0.6 is 23.2 Å². The lowest BCUT2D eigenvalue weighted by atomic mass is 10.0. The van der Waals surface area contributed by atoms with Gasteiger partial charge in [0.2, 0.25) is 11.8 Å². The lowest BCUT2D eigenvalue weighted by molar-refractivity contribution is -0.141. The quantitative estimate of drug-likeness (QED) is 0.423. The highest BCUT2D eigenvalue weighted by Crippen LogP contribution is 2.25. The summed E-state index contributed by atoms with van der Waals surface area (Å²) < 4.78 is 0. The smallest absolute Gasteiger partial charge is 0.243 e. The predicted octanol–water partition coefficient (Wildman–Crippen LogP) is 6.35. The second kappa shape index (κ2) is 12.4. The van der Waals surface area contributed by atoms with Gasteiger partial charge in [0, 0.05) is 29.1 Å². The zero-order valence-electron chi connectivity index (χ0n) is 19.6. The molecular formula is C27H34Cl2N2O2. The summed E-state index contributed by atoms with van der Waals surface area (Å²) in [6.45, 7) is 4.35. The lowest BCUT2D eigenvalue weighted by Crippen LogP contribution is -2.51. The van der Waals surface area contributed by atoms with Crippen LogP contribution in [0.2, 0.25) is 10.0 Å². The number of nitrogens with one attached hydrogen (secondary N) is 1. The van der Waals surface area contributed by atoms with Gasteiger partial charge in [-0.25, -0.2) is 0 Å². The maximum Gasteiger partial charge on any atom is 0.243 e. The Kier molecular flexibility index (Phi) is 9.64. The summed E-state index contributed by atoms with van der Waals surface area (Å²) in [7, 11) is 0. The molecule has 33 heavy (non-hydrogen) atoms. The summed E-state index contributed by atoms with van der Waals surface area (Å²) >= 11 is 12.5. The zero-order chi connectivity index (χ0) is 23.8. The van der Waals surface area contributed by atoms with Crippen molar-refractivity contribution < 1.29 is 9.59 Å². The average molecular weight is 489 g/mol. The van der Waals surface area contributed by atoms with E-state index in [-0.39, 0.29) is 24.4 Å². The van der Waals surface area contributed by atoms with E-state index in [1.807, 2.05) is 13.0 Å². The number of hydrogen-bond acceptors (Lipinski definition) is 2. The number of amides is 2. The van der Waals surface area contributed by atoms with E-state index in [4.69, 9.17) is 23.2 Å². The third-order valence-electron chi connectivity index (χ3n) is 6.50. The van der Waals surface area contributed by atoms with Crippen molar-refractivity contribution in [3.63, 3.8) is 0 Å². The highest BCUT2D eigenvalue weighted by atomic mass is 35.5. The van der Waals surface area contributed by atoms with E-state index in [9.17, 15) is 9.59 Å². The minimum absolute atomic E-state index is 0.0472. The Morgan fingerprint density at radius 2 is 1.70 bits per heavy atom. The standard InChI is InChI=1S/C27H34Cl2N2O2/c1-3-19-9-11-20(12-10-19)13-16-26(32)31(18-21-14-15-22(28)17-24(21)29)25(4-2)27(33)30-23-7-5-6-8-23/h9-12,14-15,17,23,25H,3-8,13,16,18H2,1-2H3,(H,30,33)/t25-/m1/s1. The molecule has 2 aromatic rings. The molecule has 1 N–H and O–H groups in total. The fourth-order valence-corrected chi connectivity index (χ4v) is 4.93. The number of carbonyl (C=O) groups is 2. The number of carbonyl (C=O) groups excluding carboxylic acids is 2. The third-order valence-corrected chi connectivity index (χ3v) is 7.09. The van der Waals surface area contributed by atoms with Crippen LogP contribution in [0.3, 0.4) is 0 Å². The summed E-state index contributed by atoms with van der Waals surface area (Å²) in [4.78, 5) is 28.3. The molecule has 1 aliphatic carbocycles. The highest BCUT2D eigenvalue weighted by molar-refractivity contribution is 6.35. The van der Waals surface area contributed by atoms with E-state index in [2.05, 4.69) is 36.5 Å². The fourth-order valence-electron chi connectivity index (χ4n) is 4.46. The van der Waals surface area contributed by atoms with E-state index in [0.29, 0.717) is 29.3 Å². The maximum absolute atomic E-state index is 13.4. The van der Waals surface area contributed by atoms with E-state index in [1.165, 1.54) is 5.56 Å². The molecule has 0 radical (unpaired) electrons. The largest absolute Gasteiger partial charge is 0.352 e. The van der Waals surface area contributed by atoms with Gasteiger partial charge in [0.15, 0.2) is 0 Å². The number of nitrogens with zero attached hydrogens (tertiary/aromatic N) is 1. The van der Waals surface area contributed by atoms with Crippen LogP contribution < -0.4 is 5.32 Å². The molecule has 178 valence electrons. The van der Waals surface area contributed by atoms with Crippen molar-refractivity contribution in [3.05, 3.63) is 69.2 Å². The number of benzene rings is 2. The molecule has 6 heteroatoms. The molecule has 3 rings (SSSR count). The third kappa shape index (κ3) is 7.22. The SMILES string of the molecule is CCc1ccc(CCC(=O)N(Cc2ccc(Cl)cc2Cl)[C@H](CC)C(=O)NC2CCCC2)cc1. The molecule has 2 amide bonds. The van der Waals surface area contributed by atoms with Crippen LogP contribution in [0, 0.1) is 0 Å². The summed E-state index contributed by atoms with van der Waals surface area (Å²) in [5.41, 5.74) is 3.18. The molecule has 1 aliphatic rings. The predicted molar refractivity (Wildman–Crippen MR) is 136 cm³/mol. The Labute approximate surface area is 207 Å². The second-order valence-corrected chi connectivity index (χ2v) is 9.69. The number of rotatable bonds is 10. The van der Waals surface area contributed by atoms with Crippen molar-refractivity contribution in [2.45, 2.75) is 83.8 Å². The zero-order valence-corrected chi connectivity index (χ0v) is 21.1. The number of halogens is 2. The Balaban J connectivity index is 1.77. The van der Waals surface area contributed by atoms with Crippen LogP contribution in [0.15, 0.2) is 42.5 Å². The van der Waals surface area contributed by atoms with Crippen LogP contribution in [0.25, 0.3) is 0 Å². The van der Waals surface area contributed by atoms with Crippen molar-refractivity contribution in [1.82, 2.24) is 10.2 Å². The summed E-state index contributed by atoms with van der Waals surface area (Å²) in [5, 5.41) is 4.22. The molecule has 1 fully saturated rings. The molecule has 1 atom stereocenters. The van der Waals surface area contributed by atoms with Crippen molar-refractivity contribution in [2.24, 2.45) is 0 Å². The van der Waals surface area contributed by atoms with Crippen molar-refractivity contribution in [3.8, 4) is 0 Å². The number of hydrogen-bond donors (Lipinski definition) is 1. The van der Waals surface area contributed by atoms with Gasteiger partial charge in [0.25, 0.3) is 0 Å². The molecule has 0 aromatic heterocycles. The normalized spacial score (nSPS) is 14.8. The van der Waals surface area contributed by atoms with Gasteiger partial charge in [-0.05, 0) is 60.9 Å². The second-order valence-electron chi connectivity index (χ2n) is 8.84. The summed E-state index contributed by atoms with van der Waals surface area (Å²) in [6.07, 6.45) is 6.80. The minimum Gasteiger partial charge on any atom is -0.352 e. The van der Waals surface area contributed by atoms with Crippen molar-refractivity contribution in [2.75, 3.05) is 0 Å². The summed E-state index contributed by atoms with van der Waals surface area (Å²) in [5.74, 6) is -0.121. The molecule has 0 bridgehead atoms. The van der Waals surface area contributed by atoms with E-state index < -0.39 is 6.04 Å². The van der Waals surface area contributed by atoms with Crippen molar-refractivity contribution in [1.29, 1.82) is 0 Å². The Morgan fingerprint density at radius 1 is 1.03 bits per heavy atom. The van der Waals surface area contributed by atoms with Crippen LogP contribution in [-0.4, -0.2) is 28.8 Å². The van der Waals surface area contributed by atoms with Gasteiger partial charge < -0.3 is 10.2 Å². The first-order chi connectivity index (χ1) is 15.9. The van der Waals surface area contributed by atoms with E-state index in [1.54, 1.807) is 17.0 Å². The highest BCUT2D eigenvalue weighted by Gasteiger charge is 2.30. The first kappa shape index (κ1) is 25.6. The Hall–Kier alpha value is -2.04. The van der Waals surface area contributed by atoms with Gasteiger partial charge in [-0.3, -0.25) is 9.59 Å². The van der Waals surface area contributed by atoms with Crippen LogP contribution in [0.5, 0.6) is 0 Å². The average Bonchev–Trinajstić information content (AvgIpc) is 3.32. The number of aryl methyl sites for hydroxylation is 2. The van der Waals surface area contributed by atoms with Gasteiger partial charge >= 0.3 is 0 Å². The molecule has 0 saturated heterocycles. The molecule has 2 aromatic carbocycles. The Bertz CT molecular complexity index is 940. The maximum atomic E-state index is 13.4. The molecule has 4 nitrogen and oxygen atoms in total. The van der Waals surface area contributed by atoms with Gasteiger partial charge in [-0.15, -0.1) is 0 Å². The lowest BCUT2D eigenvalue weighted by Gasteiger charge is -2.32. The Morgan fingerprint density at radius 3 is 2.30 bits per heavy atom. The van der Waals surface area contributed by atoms with E-state index in [0.717, 1.165) is 43.2 Å². The molecule has 0 unspecified atom stereocenters. The van der Waals surface area contributed by atoms with Crippen LogP contribution in [0.4, 0.5) is 0 Å². The van der Waals surface area contributed by atoms with Crippen LogP contribution in [0.1, 0.15) is 69.1 Å². The van der Waals surface area contributed by atoms with Gasteiger partial charge in [0.05, 0.1) is 0 Å². The minimum atomic E-state index is -0.535. The molecular weight excluding hydrogens is 455 g/mol. The molecule has 0 spiro atoms. The van der Waals surface area contributed by atoms with Crippen LogP contribution in [-0.2, 0) is 29.0 Å². The molecule has 1 saturated carbocycles. The van der Waals surface area contributed by atoms with Gasteiger partial charge in [-0.2, -0.15) is 0 Å². The topological polar surface area (TPSA) is 49.4 Å². The molecule has 0 heterocycles. The van der Waals surface area contributed by atoms with Crippen molar-refractivity contribution >= 4 is 35.0 Å². The fraction of sp³-hybridized carbons (Fsp3) is 0.481. The monoisotopic (exact) mass is 488 g/mol. The first-order valence-corrected chi connectivity index (χ1v) is 12.8. The molecule has 0 aliphatic heterocycles. The van der Waals surface area contributed by atoms with E-state index >= 15 is 0 Å². The summed E-state index contributed by atoms with van der Waals surface area (Å²) in [6, 6.07) is 13.3. The van der Waals surface area contributed by atoms with Gasteiger partial charge in [-0.1, -0.05) is 80.2 Å². The first-order valence-electron chi connectivity index (χ1n) is 12.0. The van der Waals surface area contributed by atoms with Gasteiger partial charge in [0.1, 0.15) is 6.04 Å².